The third kappa shape index (κ3) is 2.96. The zero-order chi connectivity index (χ0) is 10.5. The highest BCUT2D eigenvalue weighted by Gasteiger charge is 2.20. The minimum atomic E-state index is 0.414. The van der Waals surface area contributed by atoms with E-state index < -0.39 is 0 Å². The average molecular weight is 205 g/mol. The van der Waals surface area contributed by atoms with Gasteiger partial charge in [-0.05, 0) is 44.9 Å². The molecule has 0 atom stereocenters. The molecule has 0 unspecified atom stereocenters. The van der Waals surface area contributed by atoms with Gasteiger partial charge in [-0.15, -0.1) is 0 Å². The van der Waals surface area contributed by atoms with Gasteiger partial charge in [0, 0.05) is 6.04 Å². The molecule has 1 aliphatic rings. The van der Waals surface area contributed by atoms with Crippen molar-refractivity contribution >= 4 is 0 Å². The molecule has 0 aromatic heterocycles. The Hall–Kier alpha value is -1.02. The van der Waals surface area contributed by atoms with Gasteiger partial charge in [-0.25, -0.2) is 0 Å². The molecular formula is C13H19NO. The monoisotopic (exact) mass is 205 g/mol. The van der Waals surface area contributed by atoms with Crippen molar-refractivity contribution in [2.45, 2.75) is 37.8 Å². The van der Waals surface area contributed by atoms with Crippen molar-refractivity contribution in [2.75, 3.05) is 7.05 Å². The first-order chi connectivity index (χ1) is 7.38. The van der Waals surface area contributed by atoms with Gasteiger partial charge in [0.25, 0.3) is 0 Å². The zero-order valence-electron chi connectivity index (χ0n) is 9.28. The van der Waals surface area contributed by atoms with Crippen molar-refractivity contribution in [2.24, 2.45) is 0 Å². The number of hydrogen-bond donors (Lipinski definition) is 1. The lowest BCUT2D eigenvalue weighted by molar-refractivity contribution is 0.141. The summed E-state index contributed by atoms with van der Waals surface area (Å²) in [6.45, 7) is 0. The normalized spacial score (nSPS) is 26.2. The first-order valence-corrected chi connectivity index (χ1v) is 5.77. The molecule has 0 spiro atoms. The van der Waals surface area contributed by atoms with Gasteiger partial charge in [0.2, 0.25) is 0 Å². The maximum absolute atomic E-state index is 5.92. The van der Waals surface area contributed by atoms with E-state index in [1.54, 1.807) is 0 Å². The van der Waals surface area contributed by atoms with Gasteiger partial charge in [-0.3, -0.25) is 0 Å². The minimum absolute atomic E-state index is 0.414. The van der Waals surface area contributed by atoms with Gasteiger partial charge >= 0.3 is 0 Å². The van der Waals surface area contributed by atoms with Crippen molar-refractivity contribution < 1.29 is 4.74 Å². The van der Waals surface area contributed by atoms with Crippen LogP contribution in [-0.4, -0.2) is 19.2 Å². The average Bonchev–Trinajstić information content (AvgIpc) is 2.31. The summed E-state index contributed by atoms with van der Waals surface area (Å²) in [6.07, 6.45) is 5.21. The lowest BCUT2D eigenvalue weighted by atomic mass is 9.93. The van der Waals surface area contributed by atoms with E-state index in [1.165, 1.54) is 25.7 Å². The quantitative estimate of drug-likeness (QED) is 0.819. The second kappa shape index (κ2) is 5.17. The summed E-state index contributed by atoms with van der Waals surface area (Å²) in [5.74, 6) is 1.01. The SMILES string of the molecule is CNC1CCC(Oc2ccccc2)CC1. The fourth-order valence-corrected chi connectivity index (χ4v) is 2.16. The Morgan fingerprint density at radius 1 is 1.07 bits per heavy atom. The predicted molar refractivity (Wildman–Crippen MR) is 62.2 cm³/mol. The first kappa shape index (κ1) is 10.5. The van der Waals surface area contributed by atoms with E-state index in [2.05, 4.69) is 5.32 Å². The second-order valence-electron chi connectivity index (χ2n) is 4.19. The smallest absolute Gasteiger partial charge is 0.119 e. The summed E-state index contributed by atoms with van der Waals surface area (Å²) >= 11 is 0. The Morgan fingerprint density at radius 3 is 2.33 bits per heavy atom. The molecule has 2 heteroatoms. The highest BCUT2D eigenvalue weighted by atomic mass is 16.5. The first-order valence-electron chi connectivity index (χ1n) is 5.77. The van der Waals surface area contributed by atoms with Crippen molar-refractivity contribution in [1.82, 2.24) is 5.32 Å². The molecule has 1 saturated carbocycles. The number of benzene rings is 1. The molecule has 2 rings (SSSR count). The molecule has 0 saturated heterocycles. The Labute approximate surface area is 91.6 Å². The fraction of sp³-hybridized carbons (Fsp3) is 0.538. The Balaban J connectivity index is 1.82. The molecule has 1 aliphatic carbocycles. The number of hydrogen-bond acceptors (Lipinski definition) is 2. The van der Waals surface area contributed by atoms with E-state index in [0.29, 0.717) is 12.1 Å². The number of ether oxygens (including phenoxy) is 1. The molecule has 1 fully saturated rings. The highest BCUT2D eigenvalue weighted by molar-refractivity contribution is 5.21. The topological polar surface area (TPSA) is 21.3 Å². The lowest BCUT2D eigenvalue weighted by Crippen LogP contribution is -2.34. The highest BCUT2D eigenvalue weighted by Crippen LogP contribution is 2.23. The van der Waals surface area contributed by atoms with Crippen molar-refractivity contribution in [3.8, 4) is 5.75 Å². The van der Waals surface area contributed by atoms with E-state index in [0.717, 1.165) is 5.75 Å². The lowest BCUT2D eigenvalue weighted by Gasteiger charge is -2.28. The molecule has 0 bridgehead atoms. The van der Waals surface area contributed by atoms with Crippen molar-refractivity contribution in [1.29, 1.82) is 0 Å². The van der Waals surface area contributed by atoms with Crippen LogP contribution in [0.1, 0.15) is 25.7 Å². The maximum Gasteiger partial charge on any atom is 0.119 e. The van der Waals surface area contributed by atoms with Crippen LogP contribution in [0.2, 0.25) is 0 Å². The van der Waals surface area contributed by atoms with E-state index in [9.17, 15) is 0 Å². The Kier molecular flexibility index (Phi) is 3.62. The summed E-state index contributed by atoms with van der Waals surface area (Å²) in [6, 6.07) is 10.8. The van der Waals surface area contributed by atoms with Gasteiger partial charge < -0.3 is 10.1 Å². The number of rotatable bonds is 3. The second-order valence-corrected chi connectivity index (χ2v) is 4.19. The zero-order valence-corrected chi connectivity index (χ0v) is 9.28. The summed E-state index contributed by atoms with van der Waals surface area (Å²) in [4.78, 5) is 0. The molecule has 1 aromatic carbocycles. The third-order valence-corrected chi connectivity index (χ3v) is 3.13. The van der Waals surface area contributed by atoms with Gasteiger partial charge in [0.1, 0.15) is 5.75 Å². The van der Waals surface area contributed by atoms with Gasteiger partial charge in [-0.2, -0.15) is 0 Å². The van der Waals surface area contributed by atoms with Crippen LogP contribution < -0.4 is 10.1 Å². The van der Waals surface area contributed by atoms with Crippen LogP contribution in [0.4, 0.5) is 0 Å². The molecule has 0 radical (unpaired) electrons. The Bertz CT molecular complexity index is 278. The molecule has 0 heterocycles. The molecule has 0 aliphatic heterocycles. The Morgan fingerprint density at radius 2 is 1.73 bits per heavy atom. The van der Waals surface area contributed by atoms with E-state index in [4.69, 9.17) is 4.74 Å². The minimum Gasteiger partial charge on any atom is -0.490 e. The number of nitrogens with one attached hydrogen (secondary N) is 1. The van der Waals surface area contributed by atoms with Crippen molar-refractivity contribution in [3.05, 3.63) is 30.3 Å². The molecule has 82 valence electrons. The third-order valence-electron chi connectivity index (χ3n) is 3.13. The predicted octanol–water partition coefficient (Wildman–Crippen LogP) is 2.60. The fourth-order valence-electron chi connectivity index (χ4n) is 2.16. The van der Waals surface area contributed by atoms with Crippen LogP contribution in [0.15, 0.2) is 30.3 Å². The largest absolute Gasteiger partial charge is 0.490 e. The molecule has 1 aromatic rings. The summed E-state index contributed by atoms with van der Waals surface area (Å²) in [5.41, 5.74) is 0. The van der Waals surface area contributed by atoms with Crippen LogP contribution in [0.25, 0.3) is 0 Å². The van der Waals surface area contributed by atoms with Gasteiger partial charge in [-0.1, -0.05) is 18.2 Å². The summed E-state index contributed by atoms with van der Waals surface area (Å²) in [5, 5.41) is 3.33. The van der Waals surface area contributed by atoms with Gasteiger partial charge in [0.05, 0.1) is 6.10 Å². The van der Waals surface area contributed by atoms with Crippen LogP contribution in [0.3, 0.4) is 0 Å². The van der Waals surface area contributed by atoms with Crippen LogP contribution >= 0.6 is 0 Å². The molecule has 0 amide bonds. The standard InChI is InChI=1S/C13H19NO/c1-14-11-7-9-13(10-8-11)15-12-5-3-2-4-6-12/h2-6,11,13-14H,7-10H2,1H3. The summed E-state index contributed by atoms with van der Waals surface area (Å²) in [7, 11) is 2.04. The molecular weight excluding hydrogens is 186 g/mol. The summed E-state index contributed by atoms with van der Waals surface area (Å²) < 4.78 is 5.92. The van der Waals surface area contributed by atoms with E-state index in [-0.39, 0.29) is 0 Å². The molecule has 15 heavy (non-hydrogen) atoms. The van der Waals surface area contributed by atoms with Crippen LogP contribution in [-0.2, 0) is 0 Å². The number of para-hydroxylation sites is 1. The molecule has 2 nitrogen and oxygen atoms in total. The van der Waals surface area contributed by atoms with Crippen LogP contribution in [0.5, 0.6) is 5.75 Å². The van der Waals surface area contributed by atoms with Crippen molar-refractivity contribution in [3.63, 3.8) is 0 Å². The van der Waals surface area contributed by atoms with E-state index >= 15 is 0 Å². The molecule has 1 N–H and O–H groups in total. The van der Waals surface area contributed by atoms with Crippen LogP contribution in [0, 0.1) is 0 Å². The maximum atomic E-state index is 5.92. The van der Waals surface area contributed by atoms with Gasteiger partial charge in [0.15, 0.2) is 0 Å². The van der Waals surface area contributed by atoms with E-state index in [1.807, 2.05) is 37.4 Å².